The molecule has 1 heterocycles. The number of hydrogen-bond donors (Lipinski definition) is 5. The lowest BCUT2D eigenvalue weighted by Gasteiger charge is -2.36. The van der Waals surface area contributed by atoms with Gasteiger partial charge in [0.2, 0.25) is 5.91 Å². The summed E-state index contributed by atoms with van der Waals surface area (Å²) in [7, 11) is -3.72. The maximum Gasteiger partial charge on any atom is 0.300 e. The van der Waals surface area contributed by atoms with E-state index < -0.39 is 45.7 Å². The molecular weight excluding hydrogens is 707 g/mol. The Kier molecular flexibility index (Phi) is 14.4. The van der Waals surface area contributed by atoms with E-state index in [0.717, 1.165) is 43.9 Å². The number of amidine groups is 1. The number of nitrogens with one attached hydrogen (secondary N) is 3. The van der Waals surface area contributed by atoms with Gasteiger partial charge in [0.15, 0.2) is 16.4 Å². The highest BCUT2D eigenvalue weighted by Gasteiger charge is 2.41. The van der Waals surface area contributed by atoms with Crippen LogP contribution in [0.15, 0.2) is 108 Å². The summed E-state index contributed by atoms with van der Waals surface area (Å²) in [5.41, 5.74) is 8.56. The molecule has 13 heteroatoms. The summed E-state index contributed by atoms with van der Waals surface area (Å²) < 4.78 is 34.0. The van der Waals surface area contributed by atoms with Gasteiger partial charge in [-0.3, -0.25) is 19.8 Å². The van der Waals surface area contributed by atoms with Gasteiger partial charge in [0.1, 0.15) is 17.6 Å². The Hall–Kier alpha value is -5.69. The van der Waals surface area contributed by atoms with Crippen LogP contribution in [0.2, 0.25) is 0 Å². The molecular formula is C41H49N5O7S. The third kappa shape index (κ3) is 11.2. The first-order valence-corrected chi connectivity index (χ1v) is 19.5. The molecule has 1 unspecified atom stereocenters. The third-order valence-electron chi connectivity index (χ3n) is 9.23. The third-order valence-corrected chi connectivity index (χ3v) is 11.2. The number of carboxylic acids is 1. The van der Waals surface area contributed by atoms with Crippen molar-refractivity contribution < 1.29 is 32.6 Å². The number of amides is 2. The van der Waals surface area contributed by atoms with Gasteiger partial charge in [0.05, 0.1) is 16.3 Å². The number of unbranched alkanes of at least 4 members (excludes halogenated alkanes) is 1. The average molecular weight is 756 g/mol. The molecule has 4 aromatic rings. The van der Waals surface area contributed by atoms with Crippen molar-refractivity contribution >= 4 is 44.8 Å². The maximum atomic E-state index is 14.1. The zero-order valence-corrected chi connectivity index (χ0v) is 31.7. The number of aliphatic carboxylic acids is 1. The van der Waals surface area contributed by atoms with Crippen molar-refractivity contribution in [3.8, 4) is 5.75 Å². The SMILES string of the molecule is CC(=O)O.CCCCC1(CC)CN(c2ccccc2)c2ccc(OCC(=O)N[C@@H](C(=O)NCc3ccc(C(=N)N)cc3)c3ccccc3)cc2S(=O)(=O)C1. The van der Waals surface area contributed by atoms with E-state index in [4.69, 9.17) is 25.8 Å². The van der Waals surface area contributed by atoms with Gasteiger partial charge in [-0.1, -0.05) is 99.5 Å². The second kappa shape index (κ2) is 18.9. The lowest BCUT2D eigenvalue weighted by molar-refractivity contribution is -0.134. The molecule has 54 heavy (non-hydrogen) atoms. The predicted octanol–water partition coefficient (Wildman–Crippen LogP) is 6.13. The fourth-order valence-electron chi connectivity index (χ4n) is 6.33. The summed E-state index contributed by atoms with van der Waals surface area (Å²) in [6, 6.07) is 29.6. The van der Waals surface area contributed by atoms with Crippen molar-refractivity contribution in [1.82, 2.24) is 10.6 Å². The number of sulfone groups is 1. The number of fused-ring (bicyclic) bond motifs is 1. The molecule has 1 aliphatic rings. The Labute approximate surface area is 317 Å². The number of para-hydroxylation sites is 1. The van der Waals surface area contributed by atoms with Crippen LogP contribution in [0.1, 0.15) is 69.2 Å². The van der Waals surface area contributed by atoms with E-state index in [1.54, 1.807) is 60.7 Å². The van der Waals surface area contributed by atoms with Crippen LogP contribution in [0.3, 0.4) is 0 Å². The van der Waals surface area contributed by atoms with Crippen LogP contribution >= 0.6 is 0 Å². The van der Waals surface area contributed by atoms with E-state index in [0.29, 0.717) is 23.4 Å². The van der Waals surface area contributed by atoms with E-state index in [1.807, 2.05) is 36.4 Å². The van der Waals surface area contributed by atoms with Crippen LogP contribution in [0.5, 0.6) is 5.75 Å². The lowest BCUT2D eigenvalue weighted by atomic mass is 9.81. The van der Waals surface area contributed by atoms with Crippen molar-refractivity contribution in [2.24, 2.45) is 11.1 Å². The van der Waals surface area contributed by atoms with Crippen LogP contribution < -0.4 is 26.0 Å². The molecule has 0 spiro atoms. The summed E-state index contributed by atoms with van der Waals surface area (Å²) in [6.45, 7) is 5.60. The van der Waals surface area contributed by atoms with Crippen LogP contribution in [-0.2, 0) is 30.8 Å². The minimum atomic E-state index is -3.72. The molecule has 4 aromatic carbocycles. The molecule has 0 radical (unpaired) electrons. The Morgan fingerprint density at radius 3 is 2.19 bits per heavy atom. The smallest absolute Gasteiger partial charge is 0.300 e. The molecule has 0 fully saturated rings. The first-order chi connectivity index (χ1) is 25.8. The van der Waals surface area contributed by atoms with E-state index in [2.05, 4.69) is 29.4 Å². The Morgan fingerprint density at radius 2 is 1.59 bits per heavy atom. The summed E-state index contributed by atoms with van der Waals surface area (Å²) in [5, 5.41) is 20.6. The van der Waals surface area contributed by atoms with Gasteiger partial charge in [-0.05, 0) is 48.2 Å². The number of rotatable bonds is 14. The fraction of sp³-hybridized carbons (Fsp3) is 0.317. The van der Waals surface area contributed by atoms with Crippen LogP contribution in [0, 0.1) is 10.8 Å². The number of carboxylic acid groups (broad SMARTS) is 1. The normalized spacial score (nSPS) is 16.3. The van der Waals surface area contributed by atoms with Gasteiger partial charge in [-0.2, -0.15) is 0 Å². The van der Waals surface area contributed by atoms with Crippen molar-refractivity contribution in [3.05, 3.63) is 120 Å². The van der Waals surface area contributed by atoms with E-state index in [1.165, 1.54) is 6.07 Å². The highest BCUT2D eigenvalue weighted by molar-refractivity contribution is 7.91. The minimum absolute atomic E-state index is 0.0194. The molecule has 2 amide bonds. The van der Waals surface area contributed by atoms with Crippen LogP contribution in [0.25, 0.3) is 0 Å². The molecule has 2 atom stereocenters. The summed E-state index contributed by atoms with van der Waals surface area (Å²) in [4.78, 5) is 37.9. The van der Waals surface area contributed by atoms with Crippen molar-refractivity contribution in [1.29, 1.82) is 5.41 Å². The number of anilines is 2. The van der Waals surface area contributed by atoms with Gasteiger partial charge < -0.3 is 31.1 Å². The number of nitrogens with zero attached hydrogens (tertiary/aromatic N) is 1. The van der Waals surface area contributed by atoms with Gasteiger partial charge in [-0.15, -0.1) is 0 Å². The first-order valence-electron chi connectivity index (χ1n) is 17.8. The number of hydrogen-bond acceptors (Lipinski definition) is 8. The molecule has 286 valence electrons. The van der Waals surface area contributed by atoms with Gasteiger partial charge in [-0.25, -0.2) is 8.42 Å². The summed E-state index contributed by atoms with van der Waals surface area (Å²) >= 11 is 0. The topological polar surface area (TPSA) is 192 Å². The average Bonchev–Trinajstić information content (AvgIpc) is 3.26. The Bertz CT molecular complexity index is 2000. The van der Waals surface area contributed by atoms with Crippen LogP contribution in [-0.4, -0.2) is 56.0 Å². The van der Waals surface area contributed by atoms with Crippen molar-refractivity contribution in [2.75, 3.05) is 23.8 Å². The molecule has 6 N–H and O–H groups in total. The zero-order valence-electron chi connectivity index (χ0n) is 30.9. The van der Waals surface area contributed by atoms with Gasteiger partial charge in [0.25, 0.3) is 11.9 Å². The molecule has 1 aliphatic heterocycles. The first kappa shape index (κ1) is 41.1. The number of ether oxygens (including phenoxy) is 1. The highest BCUT2D eigenvalue weighted by atomic mass is 32.2. The highest BCUT2D eigenvalue weighted by Crippen LogP contribution is 2.45. The molecule has 0 saturated carbocycles. The van der Waals surface area contributed by atoms with E-state index >= 15 is 0 Å². The number of nitrogen functional groups attached to an aromatic ring is 1. The Morgan fingerprint density at radius 1 is 0.963 bits per heavy atom. The quantitative estimate of drug-likeness (QED) is 0.0745. The number of benzene rings is 4. The van der Waals surface area contributed by atoms with Crippen molar-refractivity contribution in [2.45, 2.75) is 63.9 Å². The molecule has 12 nitrogen and oxygen atoms in total. The van der Waals surface area contributed by atoms with Crippen LogP contribution in [0.4, 0.5) is 11.4 Å². The minimum Gasteiger partial charge on any atom is -0.484 e. The molecule has 0 bridgehead atoms. The summed E-state index contributed by atoms with van der Waals surface area (Å²) in [5.74, 6) is -1.58. The second-order valence-electron chi connectivity index (χ2n) is 13.3. The van der Waals surface area contributed by atoms with Gasteiger partial charge in [0, 0.05) is 42.7 Å². The number of carbonyl (C=O) groups is 3. The monoisotopic (exact) mass is 755 g/mol. The maximum absolute atomic E-state index is 14.1. The molecule has 0 aromatic heterocycles. The largest absolute Gasteiger partial charge is 0.484 e. The molecule has 0 aliphatic carbocycles. The van der Waals surface area contributed by atoms with E-state index in [9.17, 15) is 18.0 Å². The molecule has 0 saturated heterocycles. The number of nitrogens with two attached hydrogens (primary N) is 1. The van der Waals surface area contributed by atoms with Crippen molar-refractivity contribution in [3.63, 3.8) is 0 Å². The van der Waals surface area contributed by atoms with E-state index in [-0.39, 0.29) is 28.8 Å². The summed E-state index contributed by atoms with van der Waals surface area (Å²) in [6.07, 6.45) is 3.42. The standard InChI is InChI=1S/C39H45N5O5S.C2H4O2/c1-3-5-22-39(4-2)26-44(31-14-10-7-11-15-31)33-21-20-32(23-34(33)50(47,48)27-39)49-25-35(45)43-36(29-12-8-6-9-13-29)38(46)42-24-28-16-18-30(19-17-28)37(40)41;1-2(3)4/h6-21,23,36H,3-5,22,24-27H2,1-2H3,(H3,40,41)(H,42,46)(H,43,45);1H3,(H,3,4)/t36-,39?;/m1./s1. The van der Waals surface area contributed by atoms with Gasteiger partial charge >= 0.3 is 0 Å². The predicted molar refractivity (Wildman–Crippen MR) is 210 cm³/mol. The lowest BCUT2D eigenvalue weighted by Crippen LogP contribution is -2.41. The zero-order chi connectivity index (χ0) is 39.3. The Balaban J connectivity index is 0.00000155. The second-order valence-corrected chi connectivity index (χ2v) is 15.3. The molecule has 5 rings (SSSR count). The number of carbonyl (C=O) groups excluding carboxylic acids is 2. The fourth-order valence-corrected chi connectivity index (χ4v) is 8.52.